The van der Waals surface area contributed by atoms with E-state index in [1.54, 1.807) is 24.3 Å². The van der Waals surface area contributed by atoms with E-state index < -0.39 is 12.1 Å². The molecule has 0 radical (unpaired) electrons. The number of benzene rings is 2. The minimum Gasteiger partial charge on any atom is -0.489 e. The van der Waals surface area contributed by atoms with Gasteiger partial charge in [-0.3, -0.25) is 4.79 Å². The van der Waals surface area contributed by atoms with Crippen LogP contribution < -0.4 is 15.4 Å². The smallest absolute Gasteiger partial charge is 0.319 e. The van der Waals surface area contributed by atoms with E-state index in [0.29, 0.717) is 37.1 Å². The molecule has 0 aromatic heterocycles. The molecule has 1 aliphatic carbocycles. The van der Waals surface area contributed by atoms with E-state index in [1.807, 2.05) is 17.0 Å². The highest BCUT2D eigenvalue weighted by atomic mass is 19.1. The number of carbonyl (C=O) groups excluding carboxylic acids is 2. The molecule has 0 spiro atoms. The maximum absolute atomic E-state index is 13.0. The Morgan fingerprint density at radius 3 is 2.66 bits per heavy atom. The van der Waals surface area contributed by atoms with Crippen molar-refractivity contribution in [3.8, 4) is 5.75 Å². The highest BCUT2D eigenvalue weighted by molar-refractivity contribution is 5.94. The summed E-state index contributed by atoms with van der Waals surface area (Å²) in [7, 11) is 0. The van der Waals surface area contributed by atoms with Crippen molar-refractivity contribution in [2.75, 3.05) is 11.9 Å². The Morgan fingerprint density at radius 1 is 1.14 bits per heavy atom. The molecule has 0 bridgehead atoms. The summed E-state index contributed by atoms with van der Waals surface area (Å²) >= 11 is 0. The third kappa shape index (κ3) is 4.67. The lowest BCUT2D eigenvalue weighted by Crippen LogP contribution is -2.47. The molecule has 2 fully saturated rings. The zero-order chi connectivity index (χ0) is 20.2. The Kier molecular flexibility index (Phi) is 5.64. The van der Waals surface area contributed by atoms with Gasteiger partial charge in [0, 0.05) is 18.3 Å². The van der Waals surface area contributed by atoms with Crippen LogP contribution in [-0.2, 0) is 11.4 Å². The molecular formula is C22H24FN3O3. The fourth-order valence-corrected chi connectivity index (χ4v) is 3.66. The molecular weight excluding hydrogens is 373 g/mol. The van der Waals surface area contributed by atoms with Crippen molar-refractivity contribution in [1.82, 2.24) is 10.2 Å². The highest BCUT2D eigenvalue weighted by Gasteiger charge is 2.38. The minimum absolute atomic E-state index is 0.0197. The van der Waals surface area contributed by atoms with E-state index >= 15 is 0 Å². The van der Waals surface area contributed by atoms with Crippen molar-refractivity contribution in [1.29, 1.82) is 0 Å². The van der Waals surface area contributed by atoms with Crippen LogP contribution >= 0.6 is 0 Å². The molecule has 1 saturated carbocycles. The molecule has 7 heteroatoms. The number of ether oxygens (including phenoxy) is 1. The van der Waals surface area contributed by atoms with E-state index in [2.05, 4.69) is 10.6 Å². The second-order valence-electron chi connectivity index (χ2n) is 7.50. The Labute approximate surface area is 169 Å². The van der Waals surface area contributed by atoms with Gasteiger partial charge in [-0.05, 0) is 67.6 Å². The molecule has 1 heterocycles. The first kappa shape index (κ1) is 19.2. The van der Waals surface area contributed by atoms with Crippen LogP contribution in [0.15, 0.2) is 48.5 Å². The first-order valence-corrected chi connectivity index (χ1v) is 9.94. The molecule has 4 rings (SSSR count). The van der Waals surface area contributed by atoms with Crippen LogP contribution in [0.1, 0.15) is 31.2 Å². The van der Waals surface area contributed by atoms with Gasteiger partial charge in [-0.1, -0.05) is 12.1 Å². The molecule has 2 aromatic carbocycles. The molecule has 152 valence electrons. The van der Waals surface area contributed by atoms with Gasteiger partial charge in [-0.25, -0.2) is 9.18 Å². The van der Waals surface area contributed by atoms with E-state index in [4.69, 9.17) is 4.74 Å². The second-order valence-corrected chi connectivity index (χ2v) is 7.50. The van der Waals surface area contributed by atoms with Gasteiger partial charge in [0.2, 0.25) is 5.91 Å². The number of anilines is 1. The molecule has 6 nitrogen and oxygen atoms in total. The molecule has 2 aromatic rings. The number of likely N-dealkylation sites (tertiary alicyclic amines) is 1. The molecule has 29 heavy (non-hydrogen) atoms. The maximum atomic E-state index is 13.0. The van der Waals surface area contributed by atoms with Crippen molar-refractivity contribution in [2.24, 2.45) is 0 Å². The SMILES string of the molecule is O=C(Nc1cccc(COc2ccc(F)cc2)c1)NC1CCN(C2CCC2)C1=O. The number of halogens is 1. The zero-order valence-corrected chi connectivity index (χ0v) is 16.1. The number of rotatable bonds is 6. The van der Waals surface area contributed by atoms with Crippen LogP contribution in [0.2, 0.25) is 0 Å². The quantitative estimate of drug-likeness (QED) is 0.781. The zero-order valence-electron chi connectivity index (χ0n) is 16.1. The van der Waals surface area contributed by atoms with Gasteiger partial charge in [0.25, 0.3) is 0 Å². The summed E-state index contributed by atoms with van der Waals surface area (Å²) in [5.74, 6) is 0.274. The van der Waals surface area contributed by atoms with Crippen molar-refractivity contribution in [2.45, 2.75) is 44.4 Å². The van der Waals surface area contributed by atoms with Gasteiger partial charge >= 0.3 is 6.03 Å². The topological polar surface area (TPSA) is 70.7 Å². The Hall–Kier alpha value is -3.09. The average Bonchev–Trinajstić information content (AvgIpc) is 3.00. The monoisotopic (exact) mass is 397 g/mol. The van der Waals surface area contributed by atoms with Crippen molar-refractivity contribution in [3.05, 3.63) is 59.9 Å². The lowest BCUT2D eigenvalue weighted by Gasteiger charge is -2.34. The van der Waals surface area contributed by atoms with Gasteiger partial charge in [-0.2, -0.15) is 0 Å². The fraction of sp³-hybridized carbons (Fsp3) is 0.364. The van der Waals surface area contributed by atoms with E-state index in [-0.39, 0.29) is 11.7 Å². The molecule has 2 N–H and O–H groups in total. The number of hydrogen-bond acceptors (Lipinski definition) is 3. The molecule has 1 unspecified atom stereocenters. The Bertz CT molecular complexity index is 883. The summed E-state index contributed by atoms with van der Waals surface area (Å²) in [5.41, 5.74) is 1.48. The maximum Gasteiger partial charge on any atom is 0.319 e. The van der Waals surface area contributed by atoms with Crippen LogP contribution in [0.4, 0.5) is 14.9 Å². The van der Waals surface area contributed by atoms with E-state index in [0.717, 1.165) is 18.4 Å². The van der Waals surface area contributed by atoms with Crippen molar-refractivity contribution in [3.63, 3.8) is 0 Å². The average molecular weight is 397 g/mol. The van der Waals surface area contributed by atoms with Crippen LogP contribution in [0, 0.1) is 5.82 Å². The second kappa shape index (κ2) is 8.51. The molecule has 1 aliphatic heterocycles. The number of urea groups is 1. The Balaban J connectivity index is 1.29. The first-order valence-electron chi connectivity index (χ1n) is 9.94. The van der Waals surface area contributed by atoms with Crippen LogP contribution in [0.25, 0.3) is 0 Å². The third-order valence-corrected chi connectivity index (χ3v) is 5.46. The van der Waals surface area contributed by atoms with Gasteiger partial charge in [0.15, 0.2) is 0 Å². The van der Waals surface area contributed by atoms with Gasteiger partial charge < -0.3 is 20.3 Å². The number of carbonyl (C=O) groups is 2. The Morgan fingerprint density at radius 2 is 1.93 bits per heavy atom. The predicted octanol–water partition coefficient (Wildman–Crippen LogP) is 3.68. The van der Waals surface area contributed by atoms with E-state index in [9.17, 15) is 14.0 Å². The number of hydrogen-bond donors (Lipinski definition) is 2. The van der Waals surface area contributed by atoms with Gasteiger partial charge in [-0.15, -0.1) is 0 Å². The minimum atomic E-state index is -0.458. The van der Waals surface area contributed by atoms with Gasteiger partial charge in [0.1, 0.15) is 24.2 Å². The third-order valence-electron chi connectivity index (χ3n) is 5.46. The lowest BCUT2D eigenvalue weighted by atomic mass is 9.92. The van der Waals surface area contributed by atoms with Crippen molar-refractivity contribution < 1.29 is 18.7 Å². The lowest BCUT2D eigenvalue weighted by molar-refractivity contribution is -0.132. The summed E-state index contributed by atoms with van der Waals surface area (Å²) in [6, 6.07) is 12.6. The summed E-state index contributed by atoms with van der Waals surface area (Å²) in [6.07, 6.45) is 3.96. The van der Waals surface area contributed by atoms with Gasteiger partial charge in [0.05, 0.1) is 0 Å². The summed E-state index contributed by atoms with van der Waals surface area (Å²) < 4.78 is 18.6. The molecule has 3 amide bonds. The van der Waals surface area contributed by atoms with Crippen molar-refractivity contribution >= 4 is 17.6 Å². The standard InChI is InChI=1S/C22H24FN3O3/c23-16-7-9-19(10-8-16)29-14-15-3-1-4-17(13-15)24-22(28)25-20-11-12-26(21(20)27)18-5-2-6-18/h1,3-4,7-10,13,18,20H,2,5-6,11-12,14H2,(H2,24,25,28). The highest BCUT2D eigenvalue weighted by Crippen LogP contribution is 2.28. The fourth-order valence-electron chi connectivity index (χ4n) is 3.66. The van der Waals surface area contributed by atoms with Crippen LogP contribution in [0.3, 0.4) is 0 Å². The first-order chi connectivity index (χ1) is 14.1. The number of amides is 3. The van der Waals surface area contributed by atoms with Crippen LogP contribution in [-0.4, -0.2) is 35.5 Å². The largest absolute Gasteiger partial charge is 0.489 e. The normalized spacial score (nSPS) is 19.0. The molecule has 1 atom stereocenters. The number of nitrogens with zero attached hydrogens (tertiary/aromatic N) is 1. The molecule has 1 saturated heterocycles. The molecule has 2 aliphatic rings. The summed E-state index contributed by atoms with van der Waals surface area (Å²) in [6.45, 7) is 1.00. The summed E-state index contributed by atoms with van der Waals surface area (Å²) in [4.78, 5) is 26.7. The number of nitrogens with one attached hydrogen (secondary N) is 2. The summed E-state index contributed by atoms with van der Waals surface area (Å²) in [5, 5.41) is 5.57. The van der Waals surface area contributed by atoms with E-state index in [1.165, 1.54) is 18.6 Å². The predicted molar refractivity (Wildman–Crippen MR) is 107 cm³/mol. The van der Waals surface area contributed by atoms with Crippen LogP contribution in [0.5, 0.6) is 5.75 Å².